The minimum Gasteiger partial charge on any atom is -0.462 e. The normalized spacial score (nSPS) is 15.3. The van der Waals surface area contributed by atoms with Crippen molar-refractivity contribution in [1.29, 1.82) is 0 Å². The Kier molecular flexibility index (Phi) is 8.96. The Hall–Kier alpha value is -2.59. The number of esters is 1. The fourth-order valence-corrected chi connectivity index (χ4v) is 3.97. The number of ether oxygens (including phenoxy) is 2. The van der Waals surface area contributed by atoms with Crippen molar-refractivity contribution < 1.29 is 32.2 Å². The molecule has 2 aromatic rings. The molecule has 0 bridgehead atoms. The summed E-state index contributed by atoms with van der Waals surface area (Å²) in [6.45, 7) is 3.79. The molecule has 2 heterocycles. The van der Waals surface area contributed by atoms with Crippen LogP contribution in [0, 0.1) is 0 Å². The van der Waals surface area contributed by atoms with Crippen molar-refractivity contribution in [2.24, 2.45) is 0 Å². The van der Waals surface area contributed by atoms with E-state index in [2.05, 4.69) is 10.4 Å². The van der Waals surface area contributed by atoms with Gasteiger partial charge in [0.15, 0.2) is 0 Å². The highest BCUT2D eigenvalue weighted by molar-refractivity contribution is 6.31. The van der Waals surface area contributed by atoms with Crippen LogP contribution < -0.4 is 5.32 Å². The van der Waals surface area contributed by atoms with E-state index in [1.54, 1.807) is 4.68 Å². The molecular weight excluding hydrogens is 475 g/mol. The number of aryl methyl sites for hydroxylation is 2. The number of hydrogen-bond acceptors (Lipinski definition) is 5. The summed E-state index contributed by atoms with van der Waals surface area (Å²) in [4.78, 5) is 25.1. The van der Waals surface area contributed by atoms with Gasteiger partial charge in [0.25, 0.3) is 5.91 Å². The number of rotatable bonds is 6. The Morgan fingerprint density at radius 1 is 1.29 bits per heavy atom. The molecule has 0 saturated heterocycles. The fraction of sp³-hybridized carbons (Fsp3) is 0.522. The summed E-state index contributed by atoms with van der Waals surface area (Å²) in [5.41, 5.74) is 0.297. The molecule has 11 heteroatoms. The molecule has 1 aliphatic rings. The fourth-order valence-electron chi connectivity index (χ4n) is 3.80. The van der Waals surface area contributed by atoms with Gasteiger partial charge in [0, 0.05) is 37.7 Å². The molecule has 1 aromatic carbocycles. The van der Waals surface area contributed by atoms with Gasteiger partial charge in [-0.25, -0.2) is 4.79 Å². The molecule has 0 unspecified atom stereocenters. The number of halogens is 4. The Labute approximate surface area is 200 Å². The van der Waals surface area contributed by atoms with E-state index >= 15 is 0 Å². The molecular formula is C23H27ClF3N3O4. The van der Waals surface area contributed by atoms with Gasteiger partial charge in [0.2, 0.25) is 0 Å². The molecule has 0 atom stereocenters. The zero-order valence-electron chi connectivity index (χ0n) is 18.8. The summed E-state index contributed by atoms with van der Waals surface area (Å²) in [6.07, 6.45) is -1.79. The number of benzene rings is 1. The van der Waals surface area contributed by atoms with Gasteiger partial charge in [-0.15, -0.1) is 0 Å². The second-order valence-electron chi connectivity index (χ2n) is 7.85. The molecule has 1 aromatic heterocycles. The van der Waals surface area contributed by atoms with Gasteiger partial charge in [-0.1, -0.05) is 18.5 Å². The maximum absolute atomic E-state index is 13.2. The van der Waals surface area contributed by atoms with Gasteiger partial charge in [0.05, 0.1) is 34.7 Å². The smallest absolute Gasteiger partial charge is 0.417 e. The lowest BCUT2D eigenvalue weighted by Gasteiger charge is -2.13. The molecule has 186 valence electrons. The highest BCUT2D eigenvalue weighted by Crippen LogP contribution is 2.33. The maximum atomic E-state index is 13.2. The standard InChI is InChI=1S/C23H27ClF3N3O4/c1-2-18-20-19(6-3-11-33-12-4-9-28-21(20)31)30(29-18)10-5-13-34-22(32)16-14-15(24)7-8-17(16)23(25,26)27/h7-8,14H,2-6,9-13H2,1H3,(H,28,31). The Balaban J connectivity index is 1.69. The molecule has 34 heavy (non-hydrogen) atoms. The van der Waals surface area contributed by atoms with Crippen LogP contribution in [0.4, 0.5) is 13.2 Å². The molecule has 3 rings (SSSR count). The average molecular weight is 502 g/mol. The Bertz CT molecular complexity index is 1020. The number of amides is 1. The number of hydrogen-bond donors (Lipinski definition) is 1. The van der Waals surface area contributed by atoms with E-state index in [1.807, 2.05) is 6.92 Å². The minimum absolute atomic E-state index is 0.00646. The third-order valence-corrected chi connectivity index (χ3v) is 5.63. The third kappa shape index (κ3) is 6.50. The van der Waals surface area contributed by atoms with Crippen molar-refractivity contribution in [2.45, 2.75) is 51.7 Å². The van der Waals surface area contributed by atoms with E-state index in [1.165, 1.54) is 0 Å². The number of fused-ring (bicyclic) bond motifs is 1. The molecule has 0 radical (unpaired) electrons. The van der Waals surface area contributed by atoms with Crippen LogP contribution in [-0.4, -0.2) is 48.0 Å². The van der Waals surface area contributed by atoms with Crippen molar-refractivity contribution in [3.63, 3.8) is 0 Å². The maximum Gasteiger partial charge on any atom is 0.417 e. The van der Waals surface area contributed by atoms with Crippen LogP contribution in [0.2, 0.25) is 5.02 Å². The zero-order valence-corrected chi connectivity index (χ0v) is 19.6. The van der Waals surface area contributed by atoms with Crippen LogP contribution in [0.15, 0.2) is 18.2 Å². The lowest BCUT2D eigenvalue weighted by atomic mass is 10.1. The van der Waals surface area contributed by atoms with Gasteiger partial charge >= 0.3 is 12.1 Å². The molecule has 7 nitrogen and oxygen atoms in total. The summed E-state index contributed by atoms with van der Waals surface area (Å²) in [5.74, 6) is -1.27. The van der Waals surface area contributed by atoms with E-state index in [0.717, 1.165) is 36.7 Å². The summed E-state index contributed by atoms with van der Waals surface area (Å²) in [5, 5.41) is 7.48. The Morgan fingerprint density at radius 3 is 2.79 bits per heavy atom. The van der Waals surface area contributed by atoms with E-state index in [0.29, 0.717) is 56.8 Å². The van der Waals surface area contributed by atoms with Gasteiger partial charge in [-0.05, 0) is 43.9 Å². The monoisotopic (exact) mass is 501 g/mol. The van der Waals surface area contributed by atoms with Gasteiger partial charge < -0.3 is 14.8 Å². The van der Waals surface area contributed by atoms with E-state index in [-0.39, 0.29) is 17.5 Å². The van der Waals surface area contributed by atoms with Crippen molar-refractivity contribution >= 4 is 23.5 Å². The van der Waals surface area contributed by atoms with Crippen LogP contribution >= 0.6 is 11.6 Å². The second kappa shape index (κ2) is 11.7. The highest BCUT2D eigenvalue weighted by Gasteiger charge is 2.35. The summed E-state index contributed by atoms with van der Waals surface area (Å²) in [6, 6.07) is 2.78. The summed E-state index contributed by atoms with van der Waals surface area (Å²) >= 11 is 5.78. The third-order valence-electron chi connectivity index (χ3n) is 5.40. The van der Waals surface area contributed by atoms with E-state index in [9.17, 15) is 22.8 Å². The topological polar surface area (TPSA) is 82.5 Å². The van der Waals surface area contributed by atoms with Crippen LogP contribution in [0.3, 0.4) is 0 Å². The zero-order chi connectivity index (χ0) is 24.7. The van der Waals surface area contributed by atoms with Gasteiger partial charge in [-0.3, -0.25) is 9.48 Å². The number of carbonyl (C=O) groups is 2. The van der Waals surface area contributed by atoms with Crippen molar-refractivity contribution in [2.75, 3.05) is 26.4 Å². The minimum atomic E-state index is -4.71. The molecule has 0 fully saturated rings. The molecule has 1 aliphatic heterocycles. The quantitative estimate of drug-likeness (QED) is 0.467. The number of alkyl halides is 3. The molecule has 1 amide bonds. The first kappa shape index (κ1) is 26.0. The number of nitrogens with zero attached hydrogens (tertiary/aromatic N) is 2. The largest absolute Gasteiger partial charge is 0.462 e. The van der Waals surface area contributed by atoms with Crippen LogP contribution in [-0.2, 0) is 35.0 Å². The van der Waals surface area contributed by atoms with Crippen LogP contribution in [0.5, 0.6) is 0 Å². The van der Waals surface area contributed by atoms with E-state index < -0.39 is 23.3 Å². The van der Waals surface area contributed by atoms with E-state index in [4.69, 9.17) is 21.1 Å². The predicted octanol–water partition coefficient (Wildman–Crippen LogP) is 4.45. The van der Waals surface area contributed by atoms with Crippen molar-refractivity contribution in [1.82, 2.24) is 15.1 Å². The van der Waals surface area contributed by atoms with Gasteiger partial charge in [0.1, 0.15) is 0 Å². The predicted molar refractivity (Wildman–Crippen MR) is 119 cm³/mol. The Morgan fingerprint density at radius 2 is 2.06 bits per heavy atom. The molecule has 1 N–H and O–H groups in total. The first-order chi connectivity index (χ1) is 16.2. The SMILES string of the molecule is CCc1nn(CCCOC(=O)c2cc(Cl)ccc2C(F)(F)F)c2c1C(=O)NCCCOCCC2. The van der Waals surface area contributed by atoms with Crippen molar-refractivity contribution in [3.8, 4) is 0 Å². The van der Waals surface area contributed by atoms with Crippen LogP contribution in [0.25, 0.3) is 0 Å². The molecule has 0 spiro atoms. The number of aromatic nitrogens is 2. The lowest BCUT2D eigenvalue weighted by Crippen LogP contribution is -2.26. The molecule has 0 aliphatic carbocycles. The highest BCUT2D eigenvalue weighted by atomic mass is 35.5. The molecule has 0 saturated carbocycles. The summed E-state index contributed by atoms with van der Waals surface area (Å²) < 4.78 is 52.0. The summed E-state index contributed by atoms with van der Waals surface area (Å²) in [7, 11) is 0. The van der Waals surface area contributed by atoms with Crippen molar-refractivity contribution in [3.05, 3.63) is 51.3 Å². The second-order valence-corrected chi connectivity index (χ2v) is 8.28. The lowest BCUT2D eigenvalue weighted by molar-refractivity contribution is -0.138. The van der Waals surface area contributed by atoms with Gasteiger partial charge in [-0.2, -0.15) is 18.3 Å². The average Bonchev–Trinajstić information content (AvgIpc) is 3.12. The number of nitrogens with one attached hydrogen (secondary N) is 1. The first-order valence-electron chi connectivity index (χ1n) is 11.2. The van der Waals surface area contributed by atoms with Crippen LogP contribution in [0.1, 0.15) is 63.9 Å². The number of carbonyl (C=O) groups excluding carboxylic acids is 2. The first-order valence-corrected chi connectivity index (χ1v) is 11.6.